The van der Waals surface area contributed by atoms with Gasteiger partial charge in [-0.15, -0.1) is 0 Å². The standard InChI is InChI=1S/C12H19N2O2.C7H4F3.C2H6.CH3.O.Sb/c1-8-4-5-15-11(6-8)10(13)7-12(14)16-9-2-3-9;8-7(9,10)6-4-2-1-3-5-6;1-2;;;/h7,9,11,14H,2-6,13H2,1H3;1-2,4-5H;1-2H3;1H3;;/b10-7-,14-12?;;;;;. The summed E-state index contributed by atoms with van der Waals surface area (Å²) in [7, 11) is 0. The monoisotopic (exact) mass is 550 g/mol. The number of nitrogens with one attached hydrogen (secondary N) is 1. The average molecular weight is 551 g/mol. The second-order valence-electron chi connectivity index (χ2n) is 8.11. The molecule has 2 aliphatic rings. The van der Waals surface area contributed by atoms with E-state index in [1.54, 1.807) is 4.87 Å². The van der Waals surface area contributed by atoms with Crippen LogP contribution in [0.2, 0.25) is 8.23 Å². The molecule has 2 fully saturated rings. The second kappa shape index (κ2) is 10.0. The fourth-order valence-corrected chi connectivity index (χ4v) is 10.4. The first-order chi connectivity index (χ1) is 14.4. The molecule has 0 spiro atoms. The first-order valence-corrected chi connectivity index (χ1v) is 16.7. The molecule has 0 bridgehead atoms. The first kappa shape index (κ1) is 25.9. The fourth-order valence-electron chi connectivity index (χ4n) is 3.49. The van der Waals surface area contributed by atoms with Gasteiger partial charge in [0.25, 0.3) is 0 Å². The predicted octanol–water partition coefficient (Wildman–Crippen LogP) is 4.88. The number of rotatable bonds is 5. The topological polar surface area (TPSA) is 85.4 Å². The molecule has 1 aliphatic carbocycles. The number of benzene rings is 1. The molecule has 0 radical (unpaired) electrons. The summed E-state index contributed by atoms with van der Waals surface area (Å²) in [6.07, 6.45) is -0.889. The molecule has 1 aromatic rings. The summed E-state index contributed by atoms with van der Waals surface area (Å²) in [5, 5.41) is 7.86. The van der Waals surface area contributed by atoms with E-state index in [-0.39, 0.29) is 15.5 Å². The summed E-state index contributed by atoms with van der Waals surface area (Å²) in [5.41, 5.74) is 5.64. The quantitative estimate of drug-likeness (QED) is 0.311. The van der Waals surface area contributed by atoms with Crippen LogP contribution < -0.4 is 9.24 Å². The van der Waals surface area contributed by atoms with Crippen LogP contribution in [0, 0.1) is 5.41 Å². The van der Waals surface area contributed by atoms with Gasteiger partial charge in [-0.1, -0.05) is 13.8 Å². The molecular weight excluding hydrogens is 519 g/mol. The van der Waals surface area contributed by atoms with E-state index in [1.807, 2.05) is 20.8 Å². The van der Waals surface area contributed by atoms with Crippen molar-refractivity contribution >= 4 is 28.2 Å². The van der Waals surface area contributed by atoms with E-state index in [0.717, 1.165) is 25.0 Å². The molecule has 1 saturated carbocycles. The Bertz CT molecular complexity index is 868. The molecule has 9 heteroatoms. The van der Waals surface area contributed by atoms with Gasteiger partial charge in [-0.25, -0.2) is 0 Å². The molecule has 1 saturated heterocycles. The first-order valence-electron chi connectivity index (χ1n) is 10.5. The van der Waals surface area contributed by atoms with Crippen molar-refractivity contribution in [1.29, 1.82) is 5.41 Å². The third kappa shape index (κ3) is 6.32. The minimum absolute atomic E-state index is 0.0359. The zero-order chi connectivity index (χ0) is 23.4. The Balaban J connectivity index is 0.00000166. The van der Waals surface area contributed by atoms with E-state index in [1.165, 1.54) is 18.2 Å². The van der Waals surface area contributed by atoms with E-state index in [2.05, 4.69) is 0 Å². The van der Waals surface area contributed by atoms with Gasteiger partial charge in [0.15, 0.2) is 0 Å². The molecule has 3 rings (SSSR count). The van der Waals surface area contributed by atoms with Crippen LogP contribution in [0.4, 0.5) is 13.2 Å². The summed E-state index contributed by atoms with van der Waals surface area (Å²) in [4.78, 5) is 1.62. The van der Waals surface area contributed by atoms with Crippen LogP contribution in [-0.2, 0) is 18.7 Å². The Morgan fingerprint density at radius 3 is 2.58 bits per heavy atom. The molecule has 0 amide bonds. The summed E-state index contributed by atoms with van der Waals surface area (Å²) in [6.45, 7) is 6.15. The Kier molecular flexibility index (Phi) is 8.37. The van der Waals surface area contributed by atoms with Gasteiger partial charge in [0.1, 0.15) is 0 Å². The van der Waals surface area contributed by atoms with Gasteiger partial charge >= 0.3 is 172 Å². The van der Waals surface area contributed by atoms with Gasteiger partial charge in [0.05, 0.1) is 0 Å². The zero-order valence-electron chi connectivity index (χ0n) is 18.5. The second-order valence-corrected chi connectivity index (χ2v) is 17.9. The number of halogens is 3. The predicted molar refractivity (Wildman–Crippen MR) is 116 cm³/mol. The van der Waals surface area contributed by atoms with E-state index in [9.17, 15) is 16.2 Å². The van der Waals surface area contributed by atoms with E-state index >= 15 is 0 Å². The maximum absolute atomic E-state index is 13.9. The number of hydrogen-bond donors (Lipinski definition) is 2. The van der Waals surface area contributed by atoms with Crippen molar-refractivity contribution in [1.82, 2.24) is 0 Å². The summed E-state index contributed by atoms with van der Waals surface area (Å²) < 4.78 is 63.9. The number of nitrogens with two attached hydrogens (primary N) is 1. The molecule has 1 aliphatic heterocycles. The summed E-state index contributed by atoms with van der Waals surface area (Å²) in [5.74, 6) is -0.0359. The van der Waals surface area contributed by atoms with Gasteiger partial charge in [-0.2, -0.15) is 0 Å². The molecular formula is C22H32F3N2O3Sb. The molecule has 3 atom stereocenters. The SMILES string of the molecule is CC.C[C]1([Sb]([CH3])(=[O])[c]2cccc(C(F)(F)F)c2)CCOC(/C(N)=C/C(=N)OC2CC2)C1. The number of alkyl halides is 3. The maximum atomic E-state index is 13.9. The van der Waals surface area contributed by atoms with Crippen molar-refractivity contribution in [3.63, 3.8) is 0 Å². The Morgan fingerprint density at radius 2 is 2.00 bits per heavy atom. The van der Waals surface area contributed by atoms with E-state index in [4.69, 9.17) is 20.6 Å². The molecule has 0 aromatic heterocycles. The molecule has 3 N–H and O–H groups in total. The molecule has 1 heterocycles. The van der Waals surface area contributed by atoms with Crippen molar-refractivity contribution in [3.05, 3.63) is 41.6 Å². The summed E-state index contributed by atoms with van der Waals surface area (Å²) in [6, 6.07) is 4.85. The van der Waals surface area contributed by atoms with Gasteiger partial charge in [-0.05, 0) is 0 Å². The normalized spacial score (nSPS) is 26.3. The average Bonchev–Trinajstić information content (AvgIpc) is 3.52. The third-order valence-corrected chi connectivity index (χ3v) is 16.4. The minimum atomic E-state index is -4.48. The van der Waals surface area contributed by atoms with E-state index in [0.29, 0.717) is 25.1 Å². The van der Waals surface area contributed by atoms with Crippen LogP contribution in [0.25, 0.3) is 0 Å². The van der Waals surface area contributed by atoms with E-state index < -0.39 is 40.0 Å². The van der Waals surface area contributed by atoms with Crippen LogP contribution >= 0.6 is 0 Å². The van der Waals surface area contributed by atoms with Crippen LogP contribution in [0.5, 0.6) is 0 Å². The third-order valence-electron chi connectivity index (χ3n) is 5.77. The summed E-state index contributed by atoms with van der Waals surface area (Å²) >= 11 is -4.33. The van der Waals surface area contributed by atoms with Crippen LogP contribution in [0.3, 0.4) is 0 Å². The van der Waals surface area contributed by atoms with Crippen molar-refractivity contribution in [3.8, 4) is 0 Å². The zero-order valence-corrected chi connectivity index (χ0v) is 21.0. The van der Waals surface area contributed by atoms with Crippen molar-refractivity contribution in [2.75, 3.05) is 6.61 Å². The number of ether oxygens (including phenoxy) is 2. The molecule has 31 heavy (non-hydrogen) atoms. The Labute approximate surface area is 186 Å². The molecule has 5 nitrogen and oxygen atoms in total. The van der Waals surface area contributed by atoms with Gasteiger partial charge in [0.2, 0.25) is 0 Å². The van der Waals surface area contributed by atoms with Gasteiger partial charge in [-0.3, -0.25) is 0 Å². The van der Waals surface area contributed by atoms with Crippen LogP contribution in [-0.4, -0.2) is 43.5 Å². The molecule has 3 unspecified atom stereocenters. The van der Waals surface area contributed by atoms with Crippen LogP contribution in [0.15, 0.2) is 36.0 Å². The van der Waals surface area contributed by atoms with Crippen molar-refractivity contribution in [2.24, 2.45) is 5.73 Å². The van der Waals surface area contributed by atoms with Crippen molar-refractivity contribution < 1.29 is 25.7 Å². The Hall–Kier alpha value is -1.40. The fraction of sp³-hybridized carbons (Fsp3) is 0.591. The van der Waals surface area contributed by atoms with Crippen LogP contribution in [0.1, 0.15) is 52.0 Å². The van der Waals surface area contributed by atoms with Gasteiger partial charge < -0.3 is 0 Å². The van der Waals surface area contributed by atoms with Gasteiger partial charge in [0, 0.05) is 0 Å². The Morgan fingerprint density at radius 1 is 1.35 bits per heavy atom. The molecule has 1 aromatic carbocycles. The van der Waals surface area contributed by atoms with Crippen molar-refractivity contribution in [2.45, 2.75) is 73.1 Å². The number of hydrogen-bond acceptors (Lipinski definition) is 5. The molecule has 174 valence electrons.